The minimum atomic E-state index is -0.509. The fourth-order valence-electron chi connectivity index (χ4n) is 2.96. The summed E-state index contributed by atoms with van der Waals surface area (Å²) in [6.45, 7) is 7.76. The quantitative estimate of drug-likeness (QED) is 0.798. The van der Waals surface area contributed by atoms with Gasteiger partial charge in [0.25, 0.3) is 0 Å². The number of benzene rings is 1. The number of likely N-dealkylation sites (N-methyl/N-ethyl adjacent to an activating group) is 1. The molecule has 1 saturated heterocycles. The van der Waals surface area contributed by atoms with Crippen LogP contribution in [0.15, 0.2) is 36.4 Å². The van der Waals surface area contributed by atoms with Crippen LogP contribution in [0.1, 0.15) is 32.0 Å². The molecular weight excluding hydrogens is 370 g/mol. The Balaban J connectivity index is 1.53. The maximum atomic E-state index is 12.2. The molecule has 0 spiro atoms. The molecule has 1 aliphatic rings. The molecule has 0 bridgehead atoms. The van der Waals surface area contributed by atoms with Crippen LogP contribution in [-0.4, -0.2) is 52.7 Å². The minimum absolute atomic E-state index is 0.0684. The van der Waals surface area contributed by atoms with Gasteiger partial charge in [-0.25, -0.2) is 9.78 Å². The number of rotatable bonds is 6. The number of nitrogens with two attached hydrogens (primary N) is 1. The molecule has 156 valence electrons. The first kappa shape index (κ1) is 20.9. The van der Waals surface area contributed by atoms with Crippen molar-refractivity contribution in [3.8, 4) is 0 Å². The van der Waals surface area contributed by atoms with Crippen LogP contribution in [0.25, 0.3) is 0 Å². The zero-order valence-corrected chi connectivity index (χ0v) is 17.5. The molecule has 2 heterocycles. The van der Waals surface area contributed by atoms with E-state index in [9.17, 15) is 4.79 Å². The number of nitrogens with zero attached hydrogens (tertiary/aromatic N) is 4. The van der Waals surface area contributed by atoms with Gasteiger partial charge in [-0.2, -0.15) is 4.98 Å². The topological polar surface area (TPSA) is 93.8 Å². The second kappa shape index (κ2) is 8.65. The normalized spacial score (nSPS) is 14.4. The first-order valence-corrected chi connectivity index (χ1v) is 9.67. The van der Waals surface area contributed by atoms with Crippen molar-refractivity contribution in [3.05, 3.63) is 47.7 Å². The lowest BCUT2D eigenvalue weighted by Crippen LogP contribution is -2.60. The van der Waals surface area contributed by atoms with E-state index in [1.807, 2.05) is 57.2 Å². The highest BCUT2D eigenvalue weighted by Crippen LogP contribution is 2.24. The third-order valence-electron chi connectivity index (χ3n) is 4.56. The van der Waals surface area contributed by atoms with E-state index < -0.39 is 5.60 Å². The number of carbonyl (C=O) groups is 1. The highest BCUT2D eigenvalue weighted by Gasteiger charge is 2.35. The van der Waals surface area contributed by atoms with E-state index >= 15 is 0 Å². The van der Waals surface area contributed by atoms with Crippen molar-refractivity contribution in [1.82, 2.24) is 14.9 Å². The number of amides is 1. The highest BCUT2D eigenvalue weighted by atomic mass is 16.6. The van der Waals surface area contributed by atoms with Gasteiger partial charge in [0.15, 0.2) is 0 Å². The largest absolute Gasteiger partial charge is 0.444 e. The summed E-state index contributed by atoms with van der Waals surface area (Å²) in [7, 11) is 1.76. The Kier molecular flexibility index (Phi) is 6.22. The molecule has 0 aliphatic carbocycles. The Morgan fingerprint density at radius 1 is 1.21 bits per heavy atom. The van der Waals surface area contributed by atoms with Gasteiger partial charge in [0.2, 0.25) is 5.95 Å². The Hall–Kier alpha value is -2.87. The molecule has 1 aliphatic heterocycles. The molecule has 1 amide bonds. The summed E-state index contributed by atoms with van der Waals surface area (Å²) in [6.07, 6.45) is -0.320. The Bertz CT molecular complexity index is 832. The van der Waals surface area contributed by atoms with Crippen molar-refractivity contribution in [2.24, 2.45) is 0 Å². The van der Waals surface area contributed by atoms with Crippen LogP contribution in [0, 0.1) is 0 Å². The Morgan fingerprint density at radius 2 is 1.90 bits per heavy atom. The van der Waals surface area contributed by atoms with Gasteiger partial charge in [0.1, 0.15) is 11.4 Å². The van der Waals surface area contributed by atoms with Crippen LogP contribution in [0.4, 0.5) is 16.6 Å². The van der Waals surface area contributed by atoms with Crippen molar-refractivity contribution in [3.63, 3.8) is 0 Å². The highest BCUT2D eigenvalue weighted by molar-refractivity contribution is 5.69. The van der Waals surface area contributed by atoms with E-state index in [2.05, 4.69) is 14.9 Å². The zero-order chi connectivity index (χ0) is 21.0. The Morgan fingerprint density at radius 3 is 2.55 bits per heavy atom. The van der Waals surface area contributed by atoms with E-state index in [1.54, 1.807) is 11.9 Å². The van der Waals surface area contributed by atoms with Gasteiger partial charge in [0.05, 0.1) is 24.9 Å². The summed E-state index contributed by atoms with van der Waals surface area (Å²) >= 11 is 0. The molecule has 1 aromatic heterocycles. The van der Waals surface area contributed by atoms with E-state index in [0.29, 0.717) is 26.3 Å². The van der Waals surface area contributed by atoms with Crippen LogP contribution in [0.2, 0.25) is 0 Å². The van der Waals surface area contributed by atoms with Gasteiger partial charge in [-0.1, -0.05) is 30.3 Å². The van der Waals surface area contributed by atoms with E-state index in [0.717, 1.165) is 17.1 Å². The molecule has 29 heavy (non-hydrogen) atoms. The molecule has 3 rings (SSSR count). The maximum absolute atomic E-state index is 12.2. The lowest BCUT2D eigenvalue weighted by Gasteiger charge is -2.44. The SMILES string of the molecule is CN(C(=O)OC(C)(C)C)C1CN(c2cc(COCc3ccccc3)nc(N)n2)C1. The van der Waals surface area contributed by atoms with Crippen LogP contribution in [0.3, 0.4) is 0 Å². The van der Waals surface area contributed by atoms with E-state index in [1.165, 1.54) is 0 Å². The van der Waals surface area contributed by atoms with Crippen molar-refractivity contribution < 1.29 is 14.3 Å². The minimum Gasteiger partial charge on any atom is -0.444 e. The maximum Gasteiger partial charge on any atom is 0.410 e. The standard InChI is InChI=1S/C21H29N5O3/c1-21(2,3)29-20(27)25(4)17-11-26(12-17)18-10-16(23-19(22)24-18)14-28-13-15-8-6-5-7-9-15/h5-10,17H,11-14H2,1-4H3,(H2,22,23,24). The van der Waals surface area contributed by atoms with Crippen LogP contribution < -0.4 is 10.6 Å². The van der Waals surface area contributed by atoms with Crippen molar-refractivity contribution >= 4 is 17.9 Å². The van der Waals surface area contributed by atoms with Gasteiger partial charge < -0.3 is 25.0 Å². The first-order chi connectivity index (χ1) is 13.7. The number of nitrogen functional groups attached to an aromatic ring is 1. The molecule has 0 saturated carbocycles. The molecule has 2 N–H and O–H groups in total. The number of hydrogen-bond acceptors (Lipinski definition) is 7. The number of aromatic nitrogens is 2. The molecular formula is C21H29N5O3. The average molecular weight is 399 g/mol. The van der Waals surface area contributed by atoms with Gasteiger partial charge in [-0.15, -0.1) is 0 Å². The fraction of sp³-hybridized carbons (Fsp3) is 0.476. The molecule has 0 atom stereocenters. The van der Waals surface area contributed by atoms with Crippen molar-refractivity contribution in [1.29, 1.82) is 0 Å². The van der Waals surface area contributed by atoms with E-state index in [-0.39, 0.29) is 18.1 Å². The lowest BCUT2D eigenvalue weighted by atomic mass is 10.1. The number of anilines is 2. The molecule has 0 radical (unpaired) electrons. The van der Waals surface area contributed by atoms with Crippen molar-refractivity contribution in [2.45, 2.75) is 45.6 Å². The van der Waals surface area contributed by atoms with Gasteiger partial charge >= 0.3 is 6.09 Å². The summed E-state index contributed by atoms with van der Waals surface area (Å²) in [5.74, 6) is 0.953. The second-order valence-corrected chi connectivity index (χ2v) is 8.20. The van der Waals surface area contributed by atoms with Crippen LogP contribution in [0.5, 0.6) is 0 Å². The summed E-state index contributed by atoms with van der Waals surface area (Å²) in [6, 6.07) is 11.9. The molecule has 1 aromatic carbocycles. The predicted molar refractivity (Wildman–Crippen MR) is 111 cm³/mol. The van der Waals surface area contributed by atoms with Crippen LogP contribution in [-0.2, 0) is 22.7 Å². The predicted octanol–water partition coefficient (Wildman–Crippen LogP) is 2.83. The molecule has 1 fully saturated rings. The molecule has 0 unspecified atom stereocenters. The fourth-order valence-corrected chi connectivity index (χ4v) is 2.96. The Labute approximate surface area is 171 Å². The zero-order valence-electron chi connectivity index (χ0n) is 17.5. The third-order valence-corrected chi connectivity index (χ3v) is 4.56. The molecule has 8 nitrogen and oxygen atoms in total. The molecule has 8 heteroatoms. The summed E-state index contributed by atoms with van der Waals surface area (Å²) < 4.78 is 11.2. The van der Waals surface area contributed by atoms with Crippen molar-refractivity contribution in [2.75, 3.05) is 30.8 Å². The third kappa shape index (κ3) is 5.80. The monoisotopic (exact) mass is 399 g/mol. The number of hydrogen-bond donors (Lipinski definition) is 1. The number of ether oxygens (including phenoxy) is 2. The van der Waals surface area contributed by atoms with E-state index in [4.69, 9.17) is 15.2 Å². The summed E-state index contributed by atoms with van der Waals surface area (Å²) in [4.78, 5) is 24.5. The average Bonchev–Trinajstić information content (AvgIpc) is 2.59. The molecule has 2 aromatic rings. The first-order valence-electron chi connectivity index (χ1n) is 9.67. The lowest BCUT2D eigenvalue weighted by molar-refractivity contribution is 0.0196. The second-order valence-electron chi connectivity index (χ2n) is 8.20. The van der Waals surface area contributed by atoms with Gasteiger partial charge in [-0.05, 0) is 26.3 Å². The van der Waals surface area contributed by atoms with Gasteiger partial charge in [0, 0.05) is 26.2 Å². The van der Waals surface area contributed by atoms with Gasteiger partial charge in [-0.3, -0.25) is 0 Å². The summed E-state index contributed by atoms with van der Waals surface area (Å²) in [5.41, 5.74) is 7.20. The summed E-state index contributed by atoms with van der Waals surface area (Å²) in [5, 5.41) is 0. The smallest absolute Gasteiger partial charge is 0.410 e. The number of carbonyl (C=O) groups excluding carboxylic acids is 1. The van der Waals surface area contributed by atoms with Crippen LogP contribution >= 0.6 is 0 Å².